The minimum Gasteiger partial charge on any atom is -0.384 e. The molecule has 11 heavy (non-hydrogen) atoms. The molecule has 0 spiro atoms. The number of nitrogens with two attached hydrogens (primary N) is 1. The third kappa shape index (κ3) is 2.85. The molecule has 64 valence electrons. The first-order valence-electron chi connectivity index (χ1n) is 3.78. The van der Waals surface area contributed by atoms with Crippen LogP contribution in [-0.4, -0.2) is 6.54 Å². The minimum absolute atomic E-state index is 0.580. The van der Waals surface area contributed by atoms with E-state index in [4.69, 9.17) is 17.3 Å². The lowest BCUT2D eigenvalue weighted by Gasteiger charge is -2.12. The summed E-state index contributed by atoms with van der Waals surface area (Å²) in [5.41, 5.74) is 6.51. The second kappa shape index (κ2) is 5.08. The molecule has 3 N–H and O–H groups in total. The Kier molecular flexibility index (Phi) is 4.79. The fourth-order valence-corrected chi connectivity index (χ4v) is 0.838. The van der Waals surface area contributed by atoms with Crippen LogP contribution in [0.25, 0.3) is 0 Å². The lowest BCUT2D eigenvalue weighted by Crippen LogP contribution is -2.24. The summed E-state index contributed by atoms with van der Waals surface area (Å²) >= 11 is 5.74. The van der Waals surface area contributed by atoms with Crippen LogP contribution in [0.15, 0.2) is 22.5 Å². The summed E-state index contributed by atoms with van der Waals surface area (Å²) in [5, 5.41) is 3.55. The molecule has 1 aliphatic heterocycles. The van der Waals surface area contributed by atoms with Crippen LogP contribution in [0.5, 0.6) is 0 Å². The number of dihydropyridines is 1. The van der Waals surface area contributed by atoms with Crippen molar-refractivity contribution in [2.75, 3.05) is 6.54 Å². The summed E-state index contributed by atoms with van der Waals surface area (Å²) in [5.74, 6) is 0.580. The zero-order chi connectivity index (χ0) is 8.85. The molecule has 0 fully saturated rings. The summed E-state index contributed by atoms with van der Waals surface area (Å²) < 4.78 is 0. The van der Waals surface area contributed by atoms with Gasteiger partial charge in [-0.3, -0.25) is 0 Å². The van der Waals surface area contributed by atoms with E-state index in [2.05, 4.69) is 5.32 Å². The SMILES string of the molecule is CC.CC1=CCNC(N)=C1Cl. The number of nitrogens with one attached hydrogen (secondary N) is 1. The second-order valence-electron chi connectivity index (χ2n) is 2.00. The van der Waals surface area contributed by atoms with Gasteiger partial charge in [0.1, 0.15) is 5.82 Å². The Balaban J connectivity index is 0.000000461. The Morgan fingerprint density at radius 3 is 2.45 bits per heavy atom. The first-order valence-corrected chi connectivity index (χ1v) is 4.16. The molecule has 0 aromatic rings. The molecular formula is C8H15ClN2. The average Bonchev–Trinajstić information content (AvgIpc) is 2.04. The van der Waals surface area contributed by atoms with Crippen molar-refractivity contribution in [2.24, 2.45) is 5.73 Å². The maximum absolute atomic E-state index is 5.74. The molecule has 0 atom stereocenters. The smallest absolute Gasteiger partial charge is 0.116 e. The van der Waals surface area contributed by atoms with Crippen LogP contribution in [0.1, 0.15) is 20.8 Å². The molecule has 0 aromatic carbocycles. The fourth-order valence-electron chi connectivity index (χ4n) is 0.694. The van der Waals surface area contributed by atoms with Crippen molar-refractivity contribution in [3.8, 4) is 0 Å². The van der Waals surface area contributed by atoms with E-state index < -0.39 is 0 Å². The second-order valence-corrected chi connectivity index (χ2v) is 2.37. The van der Waals surface area contributed by atoms with Crippen LogP contribution in [0.4, 0.5) is 0 Å². The van der Waals surface area contributed by atoms with E-state index >= 15 is 0 Å². The van der Waals surface area contributed by atoms with Crippen LogP contribution < -0.4 is 11.1 Å². The molecule has 1 aliphatic rings. The highest BCUT2D eigenvalue weighted by Gasteiger charge is 2.05. The van der Waals surface area contributed by atoms with E-state index in [1.807, 2.05) is 26.8 Å². The summed E-state index contributed by atoms with van der Waals surface area (Å²) in [6.07, 6.45) is 2.00. The molecule has 0 saturated heterocycles. The molecule has 0 unspecified atom stereocenters. The maximum atomic E-state index is 5.74. The van der Waals surface area contributed by atoms with Gasteiger partial charge in [-0.2, -0.15) is 0 Å². The van der Waals surface area contributed by atoms with Crippen molar-refractivity contribution in [3.63, 3.8) is 0 Å². The van der Waals surface area contributed by atoms with Gasteiger partial charge >= 0.3 is 0 Å². The van der Waals surface area contributed by atoms with E-state index in [0.717, 1.165) is 12.1 Å². The van der Waals surface area contributed by atoms with Gasteiger partial charge in [0, 0.05) is 6.54 Å². The van der Waals surface area contributed by atoms with Crippen molar-refractivity contribution in [1.82, 2.24) is 5.32 Å². The third-order valence-corrected chi connectivity index (χ3v) is 1.79. The molecular weight excluding hydrogens is 160 g/mol. The van der Waals surface area contributed by atoms with Crippen LogP contribution in [0, 0.1) is 0 Å². The largest absolute Gasteiger partial charge is 0.384 e. The lowest BCUT2D eigenvalue weighted by molar-refractivity contribution is 0.857. The number of halogens is 1. The molecule has 0 amide bonds. The highest BCUT2D eigenvalue weighted by atomic mass is 35.5. The topological polar surface area (TPSA) is 38.0 Å². The van der Waals surface area contributed by atoms with Gasteiger partial charge in [-0.05, 0) is 12.5 Å². The van der Waals surface area contributed by atoms with E-state index in [-0.39, 0.29) is 0 Å². The van der Waals surface area contributed by atoms with Crippen molar-refractivity contribution in [2.45, 2.75) is 20.8 Å². The zero-order valence-corrected chi connectivity index (χ0v) is 8.00. The van der Waals surface area contributed by atoms with Crippen molar-refractivity contribution in [1.29, 1.82) is 0 Å². The van der Waals surface area contributed by atoms with Crippen molar-refractivity contribution >= 4 is 11.6 Å². The van der Waals surface area contributed by atoms with Gasteiger partial charge in [0.25, 0.3) is 0 Å². The summed E-state index contributed by atoms with van der Waals surface area (Å²) in [4.78, 5) is 0. The van der Waals surface area contributed by atoms with E-state index in [9.17, 15) is 0 Å². The first-order chi connectivity index (χ1) is 5.22. The predicted molar refractivity (Wildman–Crippen MR) is 50.2 cm³/mol. The van der Waals surface area contributed by atoms with Crippen LogP contribution in [0.2, 0.25) is 0 Å². The van der Waals surface area contributed by atoms with E-state index in [1.165, 1.54) is 0 Å². The number of allylic oxidation sites excluding steroid dienone is 2. The van der Waals surface area contributed by atoms with Gasteiger partial charge in [-0.25, -0.2) is 0 Å². The quantitative estimate of drug-likeness (QED) is 0.589. The van der Waals surface area contributed by atoms with Gasteiger partial charge in [0.15, 0.2) is 0 Å². The molecule has 3 heteroatoms. The Morgan fingerprint density at radius 2 is 2.09 bits per heavy atom. The normalized spacial score (nSPS) is 16.2. The molecule has 0 radical (unpaired) electrons. The molecule has 0 aromatic heterocycles. The van der Waals surface area contributed by atoms with E-state index in [0.29, 0.717) is 10.9 Å². The Morgan fingerprint density at radius 1 is 1.55 bits per heavy atom. The zero-order valence-electron chi connectivity index (χ0n) is 7.24. The maximum Gasteiger partial charge on any atom is 0.116 e. The standard InChI is InChI=1S/C6H9ClN2.C2H6/c1-4-2-3-9-6(8)5(4)7;1-2/h2,9H,3,8H2,1H3;1-2H3. The number of rotatable bonds is 0. The van der Waals surface area contributed by atoms with Gasteiger partial charge in [-0.15, -0.1) is 0 Å². The molecule has 0 aliphatic carbocycles. The van der Waals surface area contributed by atoms with Crippen molar-refractivity contribution in [3.05, 3.63) is 22.5 Å². The molecule has 1 heterocycles. The Bertz CT molecular complexity index is 183. The van der Waals surface area contributed by atoms with Gasteiger partial charge < -0.3 is 11.1 Å². The highest BCUT2D eigenvalue weighted by molar-refractivity contribution is 6.32. The van der Waals surface area contributed by atoms with Gasteiger partial charge in [0.05, 0.1) is 5.03 Å². The summed E-state index contributed by atoms with van der Waals surface area (Å²) in [7, 11) is 0. The lowest BCUT2D eigenvalue weighted by atomic mass is 10.2. The van der Waals surface area contributed by atoms with Gasteiger partial charge in [0.2, 0.25) is 0 Å². The van der Waals surface area contributed by atoms with Crippen LogP contribution in [0.3, 0.4) is 0 Å². The highest BCUT2D eigenvalue weighted by Crippen LogP contribution is 2.17. The Labute approximate surface area is 73.1 Å². The first kappa shape index (κ1) is 10.4. The van der Waals surface area contributed by atoms with Crippen LogP contribution in [-0.2, 0) is 0 Å². The molecule has 2 nitrogen and oxygen atoms in total. The molecule has 0 bridgehead atoms. The average molecular weight is 175 g/mol. The number of hydrogen-bond donors (Lipinski definition) is 2. The predicted octanol–water partition coefficient (Wildman–Crippen LogP) is 1.93. The summed E-state index contributed by atoms with van der Waals surface area (Å²) in [6, 6.07) is 0. The summed E-state index contributed by atoms with van der Waals surface area (Å²) in [6.45, 7) is 6.73. The minimum atomic E-state index is 0.580. The van der Waals surface area contributed by atoms with Crippen LogP contribution >= 0.6 is 11.6 Å². The molecule has 1 rings (SSSR count). The third-order valence-electron chi connectivity index (χ3n) is 1.28. The molecule has 0 saturated carbocycles. The monoisotopic (exact) mass is 174 g/mol. The van der Waals surface area contributed by atoms with Gasteiger partial charge in [-0.1, -0.05) is 31.5 Å². The van der Waals surface area contributed by atoms with E-state index in [1.54, 1.807) is 0 Å². The number of hydrogen-bond acceptors (Lipinski definition) is 2. The Hall–Kier alpha value is -0.630. The fraction of sp³-hybridized carbons (Fsp3) is 0.500. The van der Waals surface area contributed by atoms with Crippen molar-refractivity contribution < 1.29 is 0 Å².